The van der Waals surface area contributed by atoms with E-state index in [0.717, 1.165) is 24.5 Å². The second kappa shape index (κ2) is 9.18. The Kier molecular flexibility index (Phi) is 6.43. The summed E-state index contributed by atoms with van der Waals surface area (Å²) in [7, 11) is 3.13. The van der Waals surface area contributed by atoms with Crippen LogP contribution >= 0.6 is 0 Å². The summed E-state index contributed by atoms with van der Waals surface area (Å²) in [6.45, 7) is 4.19. The van der Waals surface area contributed by atoms with Crippen molar-refractivity contribution >= 4 is 29.0 Å². The molecule has 0 unspecified atom stereocenters. The van der Waals surface area contributed by atoms with Crippen LogP contribution in [0.4, 0.5) is 21.9 Å². The Bertz CT molecular complexity index is 861. The molecule has 0 radical (unpaired) electrons. The van der Waals surface area contributed by atoms with Crippen LogP contribution in [0.3, 0.4) is 0 Å². The number of urea groups is 1. The van der Waals surface area contributed by atoms with E-state index in [1.54, 1.807) is 37.3 Å². The summed E-state index contributed by atoms with van der Waals surface area (Å²) in [6, 6.07) is 12.9. The molecule has 154 valence electrons. The maximum absolute atomic E-state index is 12.6. The molecule has 0 saturated carbocycles. The van der Waals surface area contributed by atoms with E-state index in [1.807, 2.05) is 24.3 Å². The first kappa shape index (κ1) is 20.3. The zero-order valence-electron chi connectivity index (χ0n) is 16.9. The van der Waals surface area contributed by atoms with Gasteiger partial charge in [-0.05, 0) is 36.4 Å². The van der Waals surface area contributed by atoms with Gasteiger partial charge in [0.25, 0.3) is 0 Å². The van der Waals surface area contributed by atoms with Crippen LogP contribution in [0.5, 0.6) is 11.5 Å². The molecular weight excluding hydrogens is 372 g/mol. The van der Waals surface area contributed by atoms with Gasteiger partial charge >= 0.3 is 6.03 Å². The Hall–Kier alpha value is -3.42. The average molecular weight is 398 g/mol. The van der Waals surface area contributed by atoms with Crippen molar-refractivity contribution in [2.45, 2.75) is 6.92 Å². The molecule has 2 aromatic carbocycles. The van der Waals surface area contributed by atoms with Crippen molar-refractivity contribution < 1.29 is 19.1 Å². The first-order valence-corrected chi connectivity index (χ1v) is 9.40. The fraction of sp³-hybridized carbons (Fsp3) is 0.333. The highest BCUT2D eigenvalue weighted by Gasteiger charge is 2.21. The molecule has 1 saturated heterocycles. The molecule has 0 aliphatic carbocycles. The SMILES string of the molecule is COc1ccc(NC(=O)N2CCN(c3ccc(NC(C)=O)cc3)CC2)cc1OC. The van der Waals surface area contributed by atoms with Gasteiger partial charge in [0.15, 0.2) is 11.5 Å². The van der Waals surface area contributed by atoms with Gasteiger partial charge in [0.05, 0.1) is 14.2 Å². The summed E-state index contributed by atoms with van der Waals surface area (Å²) in [5.74, 6) is 1.09. The van der Waals surface area contributed by atoms with Gasteiger partial charge in [0, 0.05) is 56.2 Å². The minimum Gasteiger partial charge on any atom is -0.493 e. The second-order valence-corrected chi connectivity index (χ2v) is 6.70. The van der Waals surface area contributed by atoms with Crippen molar-refractivity contribution in [1.82, 2.24) is 4.90 Å². The van der Waals surface area contributed by atoms with Crippen molar-refractivity contribution in [3.8, 4) is 11.5 Å². The Morgan fingerprint density at radius 1 is 0.828 bits per heavy atom. The number of carbonyl (C=O) groups excluding carboxylic acids is 2. The molecule has 0 atom stereocenters. The number of benzene rings is 2. The quantitative estimate of drug-likeness (QED) is 0.809. The Morgan fingerprint density at radius 3 is 2.03 bits per heavy atom. The zero-order chi connectivity index (χ0) is 20.8. The number of amides is 3. The topological polar surface area (TPSA) is 83.1 Å². The normalized spacial score (nSPS) is 13.6. The summed E-state index contributed by atoms with van der Waals surface area (Å²) in [5.41, 5.74) is 2.50. The molecule has 0 spiro atoms. The van der Waals surface area contributed by atoms with Gasteiger partial charge < -0.3 is 29.9 Å². The number of hydrogen-bond acceptors (Lipinski definition) is 5. The summed E-state index contributed by atoms with van der Waals surface area (Å²) < 4.78 is 10.5. The van der Waals surface area contributed by atoms with Crippen molar-refractivity contribution in [3.63, 3.8) is 0 Å². The number of methoxy groups -OCH3 is 2. The van der Waals surface area contributed by atoms with E-state index < -0.39 is 0 Å². The van der Waals surface area contributed by atoms with Crippen LogP contribution in [0, 0.1) is 0 Å². The van der Waals surface area contributed by atoms with Gasteiger partial charge in [0.2, 0.25) is 5.91 Å². The monoisotopic (exact) mass is 398 g/mol. The van der Waals surface area contributed by atoms with E-state index in [4.69, 9.17) is 9.47 Å². The van der Waals surface area contributed by atoms with E-state index in [0.29, 0.717) is 30.3 Å². The molecule has 1 aliphatic heterocycles. The smallest absolute Gasteiger partial charge is 0.321 e. The van der Waals surface area contributed by atoms with Gasteiger partial charge in [-0.2, -0.15) is 0 Å². The maximum atomic E-state index is 12.6. The number of hydrogen-bond donors (Lipinski definition) is 2. The Morgan fingerprint density at radius 2 is 1.45 bits per heavy atom. The predicted molar refractivity (Wildman–Crippen MR) is 113 cm³/mol. The fourth-order valence-corrected chi connectivity index (χ4v) is 3.24. The average Bonchev–Trinajstić information content (AvgIpc) is 2.74. The highest BCUT2D eigenvalue weighted by atomic mass is 16.5. The molecule has 2 aromatic rings. The summed E-state index contributed by atoms with van der Waals surface area (Å²) >= 11 is 0. The van der Waals surface area contributed by atoms with Crippen molar-refractivity contribution in [1.29, 1.82) is 0 Å². The molecule has 1 heterocycles. The molecule has 0 bridgehead atoms. The summed E-state index contributed by atoms with van der Waals surface area (Å²) in [4.78, 5) is 27.7. The first-order chi connectivity index (χ1) is 14.0. The number of nitrogens with zero attached hydrogens (tertiary/aromatic N) is 2. The number of rotatable bonds is 5. The number of anilines is 3. The predicted octanol–water partition coefficient (Wildman–Crippen LogP) is 3.02. The zero-order valence-corrected chi connectivity index (χ0v) is 16.9. The second-order valence-electron chi connectivity index (χ2n) is 6.70. The molecule has 3 rings (SSSR count). The molecule has 1 fully saturated rings. The first-order valence-electron chi connectivity index (χ1n) is 9.40. The number of piperazine rings is 1. The molecule has 0 aromatic heterocycles. The third-order valence-electron chi connectivity index (χ3n) is 4.75. The van der Waals surface area contributed by atoms with Crippen LogP contribution in [0.25, 0.3) is 0 Å². The Balaban J connectivity index is 1.55. The number of carbonyl (C=O) groups is 2. The van der Waals surface area contributed by atoms with Gasteiger partial charge in [-0.25, -0.2) is 4.79 Å². The lowest BCUT2D eigenvalue weighted by Gasteiger charge is -2.36. The largest absolute Gasteiger partial charge is 0.493 e. The lowest BCUT2D eigenvalue weighted by molar-refractivity contribution is -0.114. The van der Waals surface area contributed by atoms with Crippen LogP contribution in [-0.4, -0.2) is 57.2 Å². The van der Waals surface area contributed by atoms with E-state index in [9.17, 15) is 9.59 Å². The lowest BCUT2D eigenvalue weighted by Crippen LogP contribution is -2.50. The molecule has 1 aliphatic rings. The number of nitrogens with one attached hydrogen (secondary N) is 2. The molecule has 8 nitrogen and oxygen atoms in total. The van der Waals surface area contributed by atoms with Crippen LogP contribution in [0.2, 0.25) is 0 Å². The number of ether oxygens (including phenoxy) is 2. The summed E-state index contributed by atoms with van der Waals surface area (Å²) in [5, 5.41) is 5.67. The van der Waals surface area contributed by atoms with Gasteiger partial charge in [-0.15, -0.1) is 0 Å². The van der Waals surface area contributed by atoms with E-state index in [1.165, 1.54) is 6.92 Å². The highest BCUT2D eigenvalue weighted by Crippen LogP contribution is 2.30. The minimum atomic E-state index is -0.141. The van der Waals surface area contributed by atoms with E-state index in [-0.39, 0.29) is 11.9 Å². The minimum absolute atomic E-state index is 0.0909. The molecular formula is C21H26N4O4. The van der Waals surface area contributed by atoms with Crippen LogP contribution < -0.4 is 25.0 Å². The molecule has 3 amide bonds. The van der Waals surface area contributed by atoms with Crippen LogP contribution in [-0.2, 0) is 4.79 Å². The van der Waals surface area contributed by atoms with Gasteiger partial charge in [-0.1, -0.05) is 0 Å². The van der Waals surface area contributed by atoms with Gasteiger partial charge in [-0.3, -0.25) is 4.79 Å². The van der Waals surface area contributed by atoms with E-state index >= 15 is 0 Å². The Labute approximate surface area is 170 Å². The van der Waals surface area contributed by atoms with Crippen molar-refractivity contribution in [3.05, 3.63) is 42.5 Å². The lowest BCUT2D eigenvalue weighted by atomic mass is 10.2. The fourth-order valence-electron chi connectivity index (χ4n) is 3.24. The third-order valence-corrected chi connectivity index (χ3v) is 4.75. The standard InChI is InChI=1S/C21H26N4O4/c1-15(26)22-16-4-7-18(8-5-16)24-10-12-25(13-11-24)21(27)23-17-6-9-19(28-2)20(14-17)29-3/h4-9,14H,10-13H2,1-3H3,(H,22,26)(H,23,27). The molecule has 2 N–H and O–H groups in total. The third kappa shape index (κ3) is 5.10. The summed E-state index contributed by atoms with van der Waals surface area (Å²) in [6.07, 6.45) is 0. The van der Waals surface area contributed by atoms with Crippen molar-refractivity contribution in [2.75, 3.05) is 55.9 Å². The molecule has 29 heavy (non-hydrogen) atoms. The highest BCUT2D eigenvalue weighted by molar-refractivity contribution is 5.90. The molecule has 8 heteroatoms. The van der Waals surface area contributed by atoms with Crippen LogP contribution in [0.15, 0.2) is 42.5 Å². The van der Waals surface area contributed by atoms with E-state index in [2.05, 4.69) is 15.5 Å². The maximum Gasteiger partial charge on any atom is 0.321 e. The van der Waals surface area contributed by atoms with Crippen LogP contribution in [0.1, 0.15) is 6.92 Å². The van der Waals surface area contributed by atoms with Crippen molar-refractivity contribution in [2.24, 2.45) is 0 Å². The van der Waals surface area contributed by atoms with Gasteiger partial charge in [0.1, 0.15) is 0 Å².